The average Bonchev–Trinajstić information content (AvgIpc) is 2.42. The molecule has 6 nitrogen and oxygen atoms in total. The van der Waals surface area contributed by atoms with Crippen LogP contribution in [0.4, 0.5) is 5.69 Å². The lowest BCUT2D eigenvalue weighted by molar-refractivity contribution is -0.149. The van der Waals surface area contributed by atoms with E-state index in [-0.39, 0.29) is 6.42 Å². The number of esters is 1. The van der Waals surface area contributed by atoms with Gasteiger partial charge in [-0.05, 0) is 32.9 Å². The van der Waals surface area contributed by atoms with Crippen molar-refractivity contribution in [1.29, 1.82) is 0 Å². The van der Waals surface area contributed by atoms with Crippen LogP contribution in [0.15, 0.2) is 30.3 Å². The molecule has 121 valence electrons. The third-order valence-electron chi connectivity index (χ3n) is 2.76. The first kappa shape index (κ1) is 18.2. The van der Waals surface area contributed by atoms with Gasteiger partial charge < -0.3 is 9.84 Å². The van der Waals surface area contributed by atoms with Gasteiger partial charge in [-0.2, -0.15) is 0 Å². The van der Waals surface area contributed by atoms with E-state index in [9.17, 15) is 20.2 Å². The number of benzene rings is 1. The Morgan fingerprint density at radius 3 is 2.59 bits per heavy atom. The molecule has 6 heteroatoms. The second kappa shape index (κ2) is 7.93. The van der Waals surface area contributed by atoms with Crippen LogP contribution in [0.3, 0.4) is 0 Å². The molecule has 0 aromatic heterocycles. The molecular weight excluding hydrogens is 286 g/mol. The summed E-state index contributed by atoms with van der Waals surface area (Å²) >= 11 is 0. The summed E-state index contributed by atoms with van der Waals surface area (Å²) in [4.78, 5) is 10.6. The molecule has 1 aromatic rings. The SMILES string of the molecule is CCOC(=O)CC(C)(C)[O].OC1C=Cc2ccccc2N1O. The number of hydrogen-bond donors (Lipinski definition) is 2. The van der Waals surface area contributed by atoms with Crippen LogP contribution in [0.5, 0.6) is 0 Å². The third kappa shape index (κ3) is 5.85. The van der Waals surface area contributed by atoms with Gasteiger partial charge in [0.1, 0.15) is 5.60 Å². The van der Waals surface area contributed by atoms with Crippen molar-refractivity contribution in [2.75, 3.05) is 11.7 Å². The fourth-order valence-corrected chi connectivity index (χ4v) is 1.81. The molecule has 2 N–H and O–H groups in total. The fraction of sp³-hybridized carbons (Fsp3) is 0.438. The molecule has 0 saturated carbocycles. The van der Waals surface area contributed by atoms with E-state index in [1.165, 1.54) is 19.9 Å². The van der Waals surface area contributed by atoms with E-state index in [2.05, 4.69) is 4.74 Å². The number of anilines is 1. The summed E-state index contributed by atoms with van der Waals surface area (Å²) in [5.74, 6) is -0.414. The zero-order valence-electron chi connectivity index (χ0n) is 13.0. The maximum absolute atomic E-state index is 10.9. The molecule has 2 rings (SSSR count). The molecule has 1 unspecified atom stereocenters. The van der Waals surface area contributed by atoms with Crippen molar-refractivity contribution in [2.45, 2.75) is 39.0 Å². The van der Waals surface area contributed by atoms with E-state index >= 15 is 0 Å². The van der Waals surface area contributed by atoms with Gasteiger partial charge in [0.15, 0.2) is 6.23 Å². The molecule has 0 saturated heterocycles. The molecule has 0 spiro atoms. The number of ether oxygens (including phenoxy) is 1. The minimum absolute atomic E-state index is 0.0547. The maximum Gasteiger partial charge on any atom is 0.308 e. The standard InChI is InChI=1S/C9H9NO2.C7H13O3/c11-9-6-5-7-3-1-2-4-8(7)10(9)12;1-4-10-6(8)5-7(2,3)9/h1-6,9,11-12H;4-5H2,1-3H3. The van der Waals surface area contributed by atoms with Gasteiger partial charge in [-0.15, -0.1) is 0 Å². The predicted octanol–water partition coefficient (Wildman–Crippen LogP) is 2.38. The number of aliphatic hydroxyl groups excluding tert-OH is 1. The first-order valence-corrected chi connectivity index (χ1v) is 7.04. The van der Waals surface area contributed by atoms with Gasteiger partial charge in [0.2, 0.25) is 0 Å². The molecule has 1 radical (unpaired) electrons. The second-order valence-corrected chi connectivity index (χ2v) is 5.42. The molecule has 1 atom stereocenters. The largest absolute Gasteiger partial charge is 0.466 e. The smallest absolute Gasteiger partial charge is 0.308 e. The van der Waals surface area contributed by atoms with Crippen molar-refractivity contribution in [3.63, 3.8) is 0 Å². The van der Waals surface area contributed by atoms with Crippen LogP contribution in [0.25, 0.3) is 6.08 Å². The summed E-state index contributed by atoms with van der Waals surface area (Å²) in [7, 11) is 0. The van der Waals surface area contributed by atoms with Crippen molar-refractivity contribution in [3.05, 3.63) is 35.9 Å². The number of hydrogen-bond acceptors (Lipinski definition) is 5. The normalized spacial score (nSPS) is 16.5. The maximum atomic E-state index is 10.9. The summed E-state index contributed by atoms with van der Waals surface area (Å²) < 4.78 is 4.58. The van der Waals surface area contributed by atoms with E-state index in [0.717, 1.165) is 10.6 Å². The van der Waals surface area contributed by atoms with Crippen LogP contribution in [0, 0.1) is 0 Å². The number of aliphatic hydroxyl groups is 1. The number of rotatable bonds is 3. The van der Waals surface area contributed by atoms with E-state index in [0.29, 0.717) is 12.3 Å². The summed E-state index contributed by atoms with van der Waals surface area (Å²) in [5, 5.41) is 30.3. The Labute approximate surface area is 130 Å². The van der Waals surface area contributed by atoms with E-state index in [4.69, 9.17) is 0 Å². The number of nitrogens with zero attached hydrogens (tertiary/aromatic N) is 1. The lowest BCUT2D eigenvalue weighted by atomic mass is 10.1. The molecule has 1 heterocycles. The van der Waals surface area contributed by atoms with Crippen molar-refractivity contribution < 1.29 is 25.0 Å². The van der Waals surface area contributed by atoms with E-state index in [1.807, 2.05) is 18.2 Å². The highest BCUT2D eigenvalue weighted by atomic mass is 16.5. The van der Waals surface area contributed by atoms with Gasteiger partial charge in [-0.1, -0.05) is 24.3 Å². The van der Waals surface area contributed by atoms with Gasteiger partial charge in [0, 0.05) is 5.56 Å². The lowest BCUT2D eigenvalue weighted by Gasteiger charge is -2.25. The monoisotopic (exact) mass is 308 g/mol. The molecule has 0 aliphatic carbocycles. The third-order valence-corrected chi connectivity index (χ3v) is 2.76. The topological polar surface area (TPSA) is 89.9 Å². The molecule has 1 aliphatic rings. The van der Waals surface area contributed by atoms with Gasteiger partial charge in [0.25, 0.3) is 0 Å². The minimum atomic E-state index is -1.20. The van der Waals surface area contributed by atoms with Crippen molar-refractivity contribution in [1.82, 2.24) is 0 Å². The quantitative estimate of drug-likeness (QED) is 0.837. The molecular formula is C16H22NO5. The Balaban J connectivity index is 0.000000225. The zero-order valence-corrected chi connectivity index (χ0v) is 13.0. The number of hydroxylamine groups is 1. The Morgan fingerprint density at radius 2 is 2.00 bits per heavy atom. The number of carbonyl (C=O) groups excluding carboxylic acids is 1. The van der Waals surface area contributed by atoms with Gasteiger partial charge in [-0.25, -0.2) is 10.2 Å². The molecule has 0 fully saturated rings. The summed E-state index contributed by atoms with van der Waals surface area (Å²) in [6.45, 7) is 4.98. The molecule has 22 heavy (non-hydrogen) atoms. The number of para-hydroxylation sites is 1. The molecule has 0 amide bonds. The molecule has 1 aromatic carbocycles. The summed E-state index contributed by atoms with van der Waals surface area (Å²) in [6, 6.07) is 7.33. The van der Waals surface area contributed by atoms with Crippen molar-refractivity contribution in [2.24, 2.45) is 0 Å². The second-order valence-electron chi connectivity index (χ2n) is 5.42. The first-order valence-electron chi connectivity index (χ1n) is 7.04. The lowest BCUT2D eigenvalue weighted by Crippen LogP contribution is -2.32. The Bertz CT molecular complexity index is 522. The highest BCUT2D eigenvalue weighted by Gasteiger charge is 2.20. The first-order chi connectivity index (χ1) is 10.2. The molecule has 1 aliphatic heterocycles. The van der Waals surface area contributed by atoms with Crippen LogP contribution < -0.4 is 5.06 Å². The van der Waals surface area contributed by atoms with Crippen LogP contribution >= 0.6 is 0 Å². The molecule has 0 bridgehead atoms. The van der Waals surface area contributed by atoms with Crippen molar-refractivity contribution >= 4 is 17.7 Å². The predicted molar refractivity (Wildman–Crippen MR) is 81.8 cm³/mol. The van der Waals surface area contributed by atoms with Gasteiger partial charge >= 0.3 is 5.97 Å². The number of fused-ring (bicyclic) bond motifs is 1. The highest BCUT2D eigenvalue weighted by molar-refractivity contribution is 5.70. The van der Waals surface area contributed by atoms with E-state index < -0.39 is 17.8 Å². The van der Waals surface area contributed by atoms with Crippen LogP contribution in [0.2, 0.25) is 0 Å². The Hall–Kier alpha value is -1.89. The zero-order chi connectivity index (χ0) is 16.8. The highest BCUT2D eigenvalue weighted by Crippen LogP contribution is 2.25. The van der Waals surface area contributed by atoms with Crippen LogP contribution in [0.1, 0.15) is 32.8 Å². The van der Waals surface area contributed by atoms with E-state index in [1.54, 1.807) is 19.1 Å². The fourth-order valence-electron chi connectivity index (χ4n) is 1.81. The Kier molecular flexibility index (Phi) is 6.55. The van der Waals surface area contributed by atoms with Gasteiger partial charge in [0.05, 0.1) is 18.7 Å². The summed E-state index contributed by atoms with van der Waals surface area (Å²) in [5.41, 5.74) is 0.338. The van der Waals surface area contributed by atoms with Crippen molar-refractivity contribution in [3.8, 4) is 0 Å². The van der Waals surface area contributed by atoms with Crippen LogP contribution in [-0.4, -0.2) is 34.7 Å². The number of carbonyl (C=O) groups is 1. The van der Waals surface area contributed by atoms with Gasteiger partial charge in [-0.3, -0.25) is 10.0 Å². The van der Waals surface area contributed by atoms with Crippen LogP contribution in [-0.2, 0) is 14.6 Å². The summed E-state index contributed by atoms with van der Waals surface area (Å²) in [6.07, 6.45) is 2.33. The average molecular weight is 308 g/mol. The Morgan fingerprint density at radius 1 is 1.36 bits per heavy atom. The minimum Gasteiger partial charge on any atom is -0.466 e.